The second kappa shape index (κ2) is 6.97. The normalized spacial score (nSPS) is 10.9. The summed E-state index contributed by atoms with van der Waals surface area (Å²) in [6, 6.07) is 6.61. The van der Waals surface area contributed by atoms with Crippen LogP contribution >= 0.6 is 22.6 Å². The molecule has 0 saturated carbocycles. The van der Waals surface area contributed by atoms with Gasteiger partial charge in [0, 0.05) is 30.0 Å². The number of ether oxygens (including phenoxy) is 1. The van der Waals surface area contributed by atoms with Gasteiger partial charge >= 0.3 is 0 Å². The van der Waals surface area contributed by atoms with Crippen molar-refractivity contribution < 1.29 is 9.13 Å². The first-order chi connectivity index (χ1) is 9.20. The van der Waals surface area contributed by atoms with E-state index in [-0.39, 0.29) is 5.82 Å². The van der Waals surface area contributed by atoms with E-state index >= 15 is 0 Å². The number of nitrogens with zero attached hydrogens (tertiary/aromatic N) is 2. The molecule has 0 saturated heterocycles. The molecule has 2 aromatic rings. The van der Waals surface area contributed by atoms with Crippen LogP contribution in [0, 0.1) is 9.39 Å². The molecule has 1 aromatic heterocycles. The van der Waals surface area contributed by atoms with Crippen molar-refractivity contribution in [2.75, 3.05) is 20.3 Å². The number of halogens is 2. The highest BCUT2D eigenvalue weighted by Gasteiger charge is 2.05. The van der Waals surface area contributed by atoms with Crippen molar-refractivity contribution in [2.24, 2.45) is 0 Å². The van der Waals surface area contributed by atoms with Crippen molar-refractivity contribution in [3.05, 3.63) is 45.5 Å². The van der Waals surface area contributed by atoms with Crippen LogP contribution in [0.1, 0.15) is 5.69 Å². The van der Waals surface area contributed by atoms with Gasteiger partial charge < -0.3 is 10.1 Å². The van der Waals surface area contributed by atoms with Crippen LogP contribution in [0.3, 0.4) is 0 Å². The minimum absolute atomic E-state index is 0.234. The summed E-state index contributed by atoms with van der Waals surface area (Å²) in [5.74, 6) is -0.234. The summed E-state index contributed by atoms with van der Waals surface area (Å²) in [5, 5.41) is 7.68. The van der Waals surface area contributed by atoms with Crippen molar-refractivity contribution in [3.63, 3.8) is 0 Å². The molecule has 0 radical (unpaired) electrons. The average molecular weight is 375 g/mol. The third kappa shape index (κ3) is 3.99. The zero-order valence-corrected chi connectivity index (χ0v) is 12.7. The lowest BCUT2D eigenvalue weighted by molar-refractivity contribution is 0.199. The maximum absolute atomic E-state index is 13.1. The number of hydrogen-bond donors (Lipinski definition) is 1. The van der Waals surface area contributed by atoms with Gasteiger partial charge in [0.15, 0.2) is 0 Å². The van der Waals surface area contributed by atoms with Gasteiger partial charge in [-0.1, -0.05) is 0 Å². The highest BCUT2D eigenvalue weighted by molar-refractivity contribution is 14.1. The van der Waals surface area contributed by atoms with Gasteiger partial charge in [0.25, 0.3) is 0 Å². The molecule has 1 heterocycles. The molecule has 19 heavy (non-hydrogen) atoms. The molecule has 0 spiro atoms. The van der Waals surface area contributed by atoms with E-state index in [2.05, 4.69) is 33.0 Å². The number of nitrogens with one attached hydrogen (secondary N) is 1. The fourth-order valence-corrected chi connectivity index (χ4v) is 2.37. The minimum Gasteiger partial charge on any atom is -0.383 e. The summed E-state index contributed by atoms with van der Waals surface area (Å²) >= 11 is 2.11. The highest BCUT2D eigenvalue weighted by Crippen LogP contribution is 2.17. The zero-order valence-electron chi connectivity index (χ0n) is 10.6. The van der Waals surface area contributed by atoms with Crippen LogP contribution in [0.5, 0.6) is 0 Å². The molecule has 102 valence electrons. The van der Waals surface area contributed by atoms with Crippen LogP contribution in [-0.2, 0) is 11.3 Å². The molecule has 6 heteroatoms. The maximum Gasteiger partial charge on any atom is 0.124 e. The highest BCUT2D eigenvalue weighted by atomic mass is 127. The van der Waals surface area contributed by atoms with E-state index in [4.69, 9.17) is 4.74 Å². The molecule has 0 fully saturated rings. The van der Waals surface area contributed by atoms with Crippen molar-refractivity contribution in [3.8, 4) is 5.69 Å². The Morgan fingerprint density at radius 3 is 3.00 bits per heavy atom. The molecule has 1 N–H and O–H groups in total. The lowest BCUT2D eigenvalue weighted by Crippen LogP contribution is -2.18. The van der Waals surface area contributed by atoms with Crippen molar-refractivity contribution in [1.29, 1.82) is 0 Å². The van der Waals surface area contributed by atoms with E-state index in [1.807, 2.05) is 12.3 Å². The number of hydrogen-bond acceptors (Lipinski definition) is 3. The lowest BCUT2D eigenvalue weighted by atomic mass is 10.3. The monoisotopic (exact) mass is 375 g/mol. The summed E-state index contributed by atoms with van der Waals surface area (Å²) in [6.07, 6.45) is 1.88. The molecular formula is C13H15FIN3O. The van der Waals surface area contributed by atoms with E-state index in [1.165, 1.54) is 12.1 Å². The average Bonchev–Trinajstić information content (AvgIpc) is 2.83. The Morgan fingerprint density at radius 2 is 2.26 bits per heavy atom. The van der Waals surface area contributed by atoms with Gasteiger partial charge in [-0.25, -0.2) is 9.07 Å². The van der Waals surface area contributed by atoms with E-state index in [9.17, 15) is 4.39 Å². The molecule has 4 nitrogen and oxygen atoms in total. The minimum atomic E-state index is -0.234. The summed E-state index contributed by atoms with van der Waals surface area (Å²) in [5.41, 5.74) is 1.82. The Morgan fingerprint density at radius 1 is 1.42 bits per heavy atom. The fourth-order valence-electron chi connectivity index (χ4n) is 1.65. The van der Waals surface area contributed by atoms with Gasteiger partial charge in [-0.3, -0.25) is 0 Å². The number of methoxy groups -OCH3 is 1. The van der Waals surface area contributed by atoms with Gasteiger partial charge in [-0.15, -0.1) is 0 Å². The lowest BCUT2D eigenvalue weighted by Gasteiger charge is -2.04. The first kappa shape index (κ1) is 14.4. The van der Waals surface area contributed by atoms with Crippen molar-refractivity contribution in [2.45, 2.75) is 6.54 Å². The predicted octanol–water partition coefficient (Wildman–Crippen LogP) is 2.35. The first-order valence-corrected chi connectivity index (χ1v) is 6.98. The van der Waals surface area contributed by atoms with Crippen LogP contribution in [0.15, 0.2) is 30.5 Å². The van der Waals surface area contributed by atoms with Gasteiger partial charge in [0.2, 0.25) is 0 Å². The van der Waals surface area contributed by atoms with Crippen molar-refractivity contribution in [1.82, 2.24) is 15.1 Å². The second-order valence-electron chi connectivity index (χ2n) is 4.02. The Bertz CT molecular complexity index is 544. The summed E-state index contributed by atoms with van der Waals surface area (Å²) in [4.78, 5) is 0. The van der Waals surface area contributed by atoms with E-state index in [0.717, 1.165) is 21.5 Å². The fraction of sp³-hybridized carbons (Fsp3) is 0.308. The standard InChI is InChI=1S/C13H15FIN3O/c1-19-7-5-16-9-11-4-6-18(17-11)13-3-2-10(14)8-12(13)15/h2-4,6,8,16H,5,7,9H2,1H3. The number of benzene rings is 1. The number of aromatic nitrogens is 2. The third-order valence-electron chi connectivity index (χ3n) is 2.59. The second-order valence-corrected chi connectivity index (χ2v) is 5.18. The van der Waals surface area contributed by atoms with E-state index in [0.29, 0.717) is 13.2 Å². The molecular weight excluding hydrogens is 360 g/mol. The smallest absolute Gasteiger partial charge is 0.124 e. The molecule has 2 rings (SSSR count). The van der Waals surface area contributed by atoms with Crippen LogP contribution in [0.2, 0.25) is 0 Å². The SMILES string of the molecule is COCCNCc1ccn(-c2ccc(F)cc2I)n1. The third-order valence-corrected chi connectivity index (χ3v) is 3.45. The molecule has 1 aromatic carbocycles. The largest absolute Gasteiger partial charge is 0.383 e. The van der Waals surface area contributed by atoms with E-state index < -0.39 is 0 Å². The zero-order chi connectivity index (χ0) is 13.7. The van der Waals surface area contributed by atoms with Gasteiger partial charge in [0.1, 0.15) is 5.82 Å². The van der Waals surface area contributed by atoms with Crippen molar-refractivity contribution >= 4 is 22.6 Å². The Labute approximate surface area is 125 Å². The molecule has 0 aliphatic carbocycles. The van der Waals surface area contributed by atoms with Gasteiger partial charge in [0.05, 0.1) is 18.0 Å². The van der Waals surface area contributed by atoms with Gasteiger partial charge in [-0.05, 0) is 46.9 Å². The summed E-state index contributed by atoms with van der Waals surface area (Å²) in [7, 11) is 1.67. The quantitative estimate of drug-likeness (QED) is 0.623. The summed E-state index contributed by atoms with van der Waals surface area (Å²) in [6.45, 7) is 2.15. The van der Waals surface area contributed by atoms with Crippen LogP contribution in [-0.4, -0.2) is 30.0 Å². The van der Waals surface area contributed by atoms with E-state index in [1.54, 1.807) is 17.9 Å². The summed E-state index contributed by atoms with van der Waals surface area (Å²) < 4.78 is 20.6. The van der Waals surface area contributed by atoms with Gasteiger partial charge in [-0.2, -0.15) is 5.10 Å². The van der Waals surface area contributed by atoms with Crippen LogP contribution in [0.25, 0.3) is 5.69 Å². The first-order valence-electron chi connectivity index (χ1n) is 5.90. The molecule has 0 unspecified atom stereocenters. The number of rotatable bonds is 6. The molecule has 0 bridgehead atoms. The predicted molar refractivity (Wildman–Crippen MR) is 79.8 cm³/mol. The molecule has 0 amide bonds. The Hall–Kier alpha value is -0.990. The van der Waals surface area contributed by atoms with Crippen LogP contribution < -0.4 is 5.32 Å². The molecule has 0 aliphatic rings. The Balaban J connectivity index is 2.04. The maximum atomic E-state index is 13.1. The molecule has 0 atom stereocenters. The topological polar surface area (TPSA) is 39.1 Å². The molecule has 0 aliphatic heterocycles. The van der Waals surface area contributed by atoms with Crippen LogP contribution in [0.4, 0.5) is 4.39 Å². The Kier molecular flexibility index (Phi) is 5.29.